The third kappa shape index (κ3) is 5.25. The van der Waals surface area contributed by atoms with Crippen LogP contribution in [-0.4, -0.2) is 30.2 Å². The van der Waals surface area contributed by atoms with E-state index in [1.54, 1.807) is 25.1 Å². The molecular formula is C16H16Cl2N2O4. The molecule has 1 aromatic heterocycles. The molecule has 2 rings (SSSR count). The van der Waals surface area contributed by atoms with Gasteiger partial charge in [0.15, 0.2) is 5.69 Å². The lowest BCUT2D eigenvalue weighted by Crippen LogP contribution is -2.27. The third-order valence-electron chi connectivity index (χ3n) is 3.09. The summed E-state index contributed by atoms with van der Waals surface area (Å²) in [5.41, 5.74) is 0.889. The van der Waals surface area contributed by atoms with Gasteiger partial charge in [0.25, 0.3) is 0 Å². The maximum Gasteiger partial charge on any atom is 0.360 e. The highest BCUT2D eigenvalue weighted by Gasteiger charge is 2.13. The fourth-order valence-electron chi connectivity index (χ4n) is 1.95. The van der Waals surface area contributed by atoms with Crippen LogP contribution in [0.5, 0.6) is 0 Å². The van der Waals surface area contributed by atoms with Gasteiger partial charge in [0, 0.05) is 19.0 Å². The van der Waals surface area contributed by atoms with Crippen LogP contribution in [0.2, 0.25) is 10.0 Å². The van der Waals surface area contributed by atoms with E-state index in [4.69, 9.17) is 32.5 Å². The number of ether oxygens (including phenoxy) is 1. The average Bonchev–Trinajstić information content (AvgIpc) is 3.00. The lowest BCUT2D eigenvalue weighted by molar-refractivity contribution is -0.120. The summed E-state index contributed by atoms with van der Waals surface area (Å²) >= 11 is 11.7. The van der Waals surface area contributed by atoms with Crippen LogP contribution in [0, 0.1) is 0 Å². The Kier molecular flexibility index (Phi) is 6.63. The number of esters is 1. The van der Waals surface area contributed by atoms with E-state index in [-0.39, 0.29) is 24.6 Å². The van der Waals surface area contributed by atoms with Crippen LogP contribution < -0.4 is 5.32 Å². The molecule has 0 unspecified atom stereocenters. The number of benzene rings is 1. The number of carbonyl (C=O) groups is 2. The summed E-state index contributed by atoms with van der Waals surface area (Å²) in [6, 6.07) is 6.56. The summed E-state index contributed by atoms with van der Waals surface area (Å²) in [4.78, 5) is 23.4. The Balaban J connectivity index is 1.78. The van der Waals surface area contributed by atoms with Crippen LogP contribution in [0.25, 0.3) is 0 Å². The number of hydrogen-bond acceptors (Lipinski definition) is 5. The van der Waals surface area contributed by atoms with Crippen molar-refractivity contribution in [3.8, 4) is 0 Å². The molecule has 0 radical (unpaired) electrons. The molecule has 128 valence electrons. The molecule has 1 amide bonds. The fourth-order valence-corrected chi connectivity index (χ4v) is 2.28. The van der Waals surface area contributed by atoms with Crippen LogP contribution in [0.15, 0.2) is 28.8 Å². The highest BCUT2D eigenvalue weighted by Crippen LogP contribution is 2.22. The second-order valence-electron chi connectivity index (χ2n) is 4.92. The number of nitrogens with zero attached hydrogens (tertiary/aromatic N) is 1. The van der Waals surface area contributed by atoms with Crippen molar-refractivity contribution in [3.63, 3.8) is 0 Å². The van der Waals surface area contributed by atoms with Gasteiger partial charge in [-0.1, -0.05) is 34.4 Å². The summed E-state index contributed by atoms with van der Waals surface area (Å²) in [7, 11) is 0. The quantitative estimate of drug-likeness (QED) is 0.757. The molecule has 0 bridgehead atoms. The molecule has 0 atom stereocenters. The fraction of sp³-hybridized carbons (Fsp3) is 0.312. The maximum atomic E-state index is 11.9. The van der Waals surface area contributed by atoms with E-state index in [1.165, 1.54) is 6.07 Å². The van der Waals surface area contributed by atoms with Crippen molar-refractivity contribution in [1.29, 1.82) is 0 Å². The maximum absolute atomic E-state index is 11.9. The zero-order valence-corrected chi connectivity index (χ0v) is 14.5. The molecule has 24 heavy (non-hydrogen) atoms. The molecule has 0 spiro atoms. The first-order chi connectivity index (χ1) is 11.5. The first kappa shape index (κ1) is 18.3. The highest BCUT2D eigenvalue weighted by atomic mass is 35.5. The minimum atomic E-state index is -0.531. The van der Waals surface area contributed by atoms with Crippen molar-refractivity contribution in [1.82, 2.24) is 10.5 Å². The van der Waals surface area contributed by atoms with E-state index < -0.39 is 5.97 Å². The standard InChI is InChI=1S/C16H16Cl2N2O4/c1-2-23-16(22)14-9-11(24-20-14)5-6-19-15(21)8-10-3-4-12(17)13(18)7-10/h3-4,7,9H,2,5-6,8H2,1H3,(H,19,21). The van der Waals surface area contributed by atoms with Crippen molar-refractivity contribution in [2.75, 3.05) is 13.2 Å². The molecule has 0 fully saturated rings. The first-order valence-corrected chi connectivity index (χ1v) is 8.08. The number of hydrogen-bond donors (Lipinski definition) is 1. The van der Waals surface area contributed by atoms with Gasteiger partial charge in [0.05, 0.1) is 23.1 Å². The highest BCUT2D eigenvalue weighted by molar-refractivity contribution is 6.42. The zero-order chi connectivity index (χ0) is 17.5. The number of rotatable bonds is 7. The molecule has 2 aromatic rings. The van der Waals surface area contributed by atoms with E-state index in [0.717, 1.165) is 5.56 Å². The van der Waals surface area contributed by atoms with Crippen molar-refractivity contribution in [2.45, 2.75) is 19.8 Å². The predicted molar refractivity (Wildman–Crippen MR) is 89.3 cm³/mol. The second kappa shape index (κ2) is 8.70. The zero-order valence-electron chi connectivity index (χ0n) is 13.0. The van der Waals surface area contributed by atoms with Gasteiger partial charge in [-0.25, -0.2) is 4.79 Å². The number of carbonyl (C=O) groups excluding carboxylic acids is 2. The summed E-state index contributed by atoms with van der Waals surface area (Å²) in [5.74, 6) is -0.192. The number of nitrogens with one attached hydrogen (secondary N) is 1. The van der Waals surface area contributed by atoms with Crippen molar-refractivity contribution < 1.29 is 18.8 Å². The Morgan fingerprint density at radius 3 is 2.75 bits per heavy atom. The number of amides is 1. The Morgan fingerprint density at radius 1 is 1.25 bits per heavy atom. The first-order valence-electron chi connectivity index (χ1n) is 7.33. The van der Waals surface area contributed by atoms with Gasteiger partial charge in [-0.2, -0.15) is 0 Å². The average molecular weight is 371 g/mol. The SMILES string of the molecule is CCOC(=O)c1cc(CCNC(=O)Cc2ccc(Cl)c(Cl)c2)on1. The molecule has 6 nitrogen and oxygen atoms in total. The predicted octanol–water partition coefficient (Wildman–Crippen LogP) is 3.06. The van der Waals surface area contributed by atoms with Gasteiger partial charge in [-0.3, -0.25) is 4.79 Å². The molecular weight excluding hydrogens is 355 g/mol. The van der Waals surface area contributed by atoms with Crippen LogP contribution in [-0.2, 0) is 22.4 Å². The third-order valence-corrected chi connectivity index (χ3v) is 3.82. The topological polar surface area (TPSA) is 81.4 Å². The van der Waals surface area contributed by atoms with E-state index in [2.05, 4.69) is 10.5 Å². The van der Waals surface area contributed by atoms with Crippen LogP contribution in [0.1, 0.15) is 28.7 Å². The molecule has 0 saturated heterocycles. The summed E-state index contributed by atoms with van der Waals surface area (Å²) < 4.78 is 9.84. The Bertz CT molecular complexity index is 731. The van der Waals surface area contributed by atoms with E-state index >= 15 is 0 Å². The largest absolute Gasteiger partial charge is 0.461 e. The lowest BCUT2D eigenvalue weighted by Gasteiger charge is -2.05. The molecule has 1 aromatic carbocycles. The Morgan fingerprint density at radius 2 is 2.04 bits per heavy atom. The molecule has 0 saturated carbocycles. The summed E-state index contributed by atoms with van der Waals surface area (Å²) in [6.45, 7) is 2.34. The second-order valence-corrected chi connectivity index (χ2v) is 5.74. The molecule has 1 N–H and O–H groups in total. The molecule has 0 aliphatic heterocycles. The van der Waals surface area contributed by atoms with Gasteiger partial charge < -0.3 is 14.6 Å². The summed E-state index contributed by atoms with van der Waals surface area (Å²) in [5, 5.41) is 7.25. The molecule has 1 heterocycles. The Labute approximate surface area is 149 Å². The van der Waals surface area contributed by atoms with Gasteiger partial charge in [0.1, 0.15) is 5.76 Å². The van der Waals surface area contributed by atoms with Gasteiger partial charge in [0.2, 0.25) is 5.91 Å². The van der Waals surface area contributed by atoms with Crippen LogP contribution >= 0.6 is 23.2 Å². The van der Waals surface area contributed by atoms with Gasteiger partial charge in [-0.05, 0) is 24.6 Å². The van der Waals surface area contributed by atoms with Crippen molar-refractivity contribution in [3.05, 3.63) is 51.3 Å². The number of aromatic nitrogens is 1. The van der Waals surface area contributed by atoms with E-state index in [1.807, 2.05) is 0 Å². The van der Waals surface area contributed by atoms with E-state index in [0.29, 0.717) is 28.8 Å². The van der Waals surface area contributed by atoms with Crippen LogP contribution in [0.4, 0.5) is 0 Å². The number of halogens is 2. The lowest BCUT2D eigenvalue weighted by atomic mass is 10.1. The van der Waals surface area contributed by atoms with Crippen LogP contribution in [0.3, 0.4) is 0 Å². The summed E-state index contributed by atoms with van der Waals surface area (Å²) in [6.07, 6.45) is 0.612. The normalized spacial score (nSPS) is 10.5. The minimum Gasteiger partial charge on any atom is -0.461 e. The Hall–Kier alpha value is -2.05. The monoisotopic (exact) mass is 370 g/mol. The van der Waals surface area contributed by atoms with Crippen molar-refractivity contribution in [2.24, 2.45) is 0 Å². The van der Waals surface area contributed by atoms with E-state index in [9.17, 15) is 9.59 Å². The molecule has 0 aliphatic carbocycles. The minimum absolute atomic E-state index is 0.119. The van der Waals surface area contributed by atoms with Gasteiger partial charge >= 0.3 is 5.97 Å². The molecule has 0 aliphatic rings. The molecule has 8 heteroatoms. The van der Waals surface area contributed by atoms with Gasteiger partial charge in [-0.15, -0.1) is 0 Å². The smallest absolute Gasteiger partial charge is 0.360 e. The van der Waals surface area contributed by atoms with Crippen molar-refractivity contribution >= 4 is 35.1 Å².